The van der Waals surface area contributed by atoms with Gasteiger partial charge in [0.25, 0.3) is 0 Å². The summed E-state index contributed by atoms with van der Waals surface area (Å²) >= 11 is 0. The molecule has 0 aromatic heterocycles. The molecule has 1 aromatic rings. The molecule has 0 bridgehead atoms. The molecule has 2 heteroatoms. The summed E-state index contributed by atoms with van der Waals surface area (Å²) in [6, 6.07) is 5.98. The fraction of sp³-hybridized carbons (Fsp3) is 0.400. The van der Waals surface area contributed by atoms with Crippen molar-refractivity contribution in [2.24, 2.45) is 0 Å². The Morgan fingerprint density at radius 1 is 1.33 bits per heavy atom. The average Bonchev–Trinajstić information content (AvgIpc) is 2.43. The molecule has 0 radical (unpaired) electrons. The lowest BCUT2D eigenvalue weighted by Crippen LogP contribution is -2.03. The van der Waals surface area contributed by atoms with Gasteiger partial charge in [0, 0.05) is 0 Å². The zero-order valence-corrected chi connectivity index (χ0v) is 7.08. The van der Waals surface area contributed by atoms with E-state index in [0.29, 0.717) is 0 Å². The van der Waals surface area contributed by atoms with Gasteiger partial charge in [-0.25, -0.2) is 0 Å². The van der Waals surface area contributed by atoms with Crippen molar-refractivity contribution < 1.29 is 9.84 Å². The number of rotatable bonds is 1. The summed E-state index contributed by atoms with van der Waals surface area (Å²) < 4.78 is 5.09. The second kappa shape index (κ2) is 2.79. The Morgan fingerprint density at radius 2 is 2.08 bits per heavy atom. The maximum absolute atomic E-state index is 9.37. The molecule has 0 aliphatic heterocycles. The molecule has 0 heterocycles. The molecule has 1 aliphatic rings. The Bertz CT molecular complexity index is 294. The van der Waals surface area contributed by atoms with E-state index < -0.39 is 0 Å². The molecule has 0 fully saturated rings. The molecule has 2 nitrogen and oxygen atoms in total. The summed E-state index contributed by atoms with van der Waals surface area (Å²) in [6.45, 7) is 0. The Balaban J connectivity index is 2.35. The van der Waals surface area contributed by atoms with E-state index in [4.69, 9.17) is 4.74 Å². The van der Waals surface area contributed by atoms with Gasteiger partial charge >= 0.3 is 0 Å². The lowest BCUT2D eigenvalue weighted by atomic mass is 10.1. The summed E-state index contributed by atoms with van der Waals surface area (Å²) in [5.74, 6) is 0.878. The fourth-order valence-corrected chi connectivity index (χ4v) is 1.70. The molecule has 1 atom stereocenters. The van der Waals surface area contributed by atoms with Crippen LogP contribution in [0.15, 0.2) is 18.2 Å². The van der Waals surface area contributed by atoms with E-state index in [1.807, 2.05) is 18.2 Å². The molecule has 0 spiro atoms. The first-order chi connectivity index (χ1) is 5.79. The van der Waals surface area contributed by atoms with Crippen molar-refractivity contribution in [3.63, 3.8) is 0 Å². The van der Waals surface area contributed by atoms with Crippen LogP contribution in [0.25, 0.3) is 0 Å². The number of fused-ring (bicyclic) bond motifs is 1. The van der Waals surface area contributed by atoms with Crippen LogP contribution in [0.2, 0.25) is 0 Å². The molecule has 0 unspecified atom stereocenters. The van der Waals surface area contributed by atoms with Crippen molar-refractivity contribution in [1.29, 1.82) is 0 Å². The van der Waals surface area contributed by atoms with E-state index in [-0.39, 0.29) is 6.10 Å². The van der Waals surface area contributed by atoms with E-state index in [0.717, 1.165) is 18.6 Å². The first-order valence-corrected chi connectivity index (χ1v) is 4.13. The normalized spacial score (nSPS) is 20.7. The quantitative estimate of drug-likeness (QED) is 0.674. The van der Waals surface area contributed by atoms with Crippen molar-refractivity contribution in [3.8, 4) is 5.75 Å². The van der Waals surface area contributed by atoms with Crippen molar-refractivity contribution >= 4 is 0 Å². The van der Waals surface area contributed by atoms with Crippen LogP contribution in [0, 0.1) is 0 Å². The number of ether oxygens (including phenoxy) is 1. The number of aliphatic hydroxyl groups excluding tert-OH is 1. The van der Waals surface area contributed by atoms with Crippen molar-refractivity contribution in [1.82, 2.24) is 0 Å². The molecular formula is C10H12O2. The van der Waals surface area contributed by atoms with Gasteiger partial charge in [-0.05, 0) is 36.1 Å². The largest absolute Gasteiger partial charge is 0.497 e. The van der Waals surface area contributed by atoms with Gasteiger partial charge in [-0.3, -0.25) is 0 Å². The highest BCUT2D eigenvalue weighted by molar-refractivity contribution is 5.39. The molecule has 12 heavy (non-hydrogen) atoms. The van der Waals surface area contributed by atoms with Crippen molar-refractivity contribution in [2.75, 3.05) is 7.11 Å². The third kappa shape index (κ3) is 1.18. The number of aliphatic hydroxyl groups is 1. The van der Waals surface area contributed by atoms with Crippen molar-refractivity contribution in [3.05, 3.63) is 29.3 Å². The van der Waals surface area contributed by atoms with Gasteiger partial charge in [-0.2, -0.15) is 0 Å². The summed E-state index contributed by atoms with van der Waals surface area (Å²) in [6.07, 6.45) is 1.37. The molecule has 64 valence electrons. The molecule has 0 saturated carbocycles. The molecular weight excluding hydrogens is 152 g/mol. The van der Waals surface area contributed by atoms with E-state index in [2.05, 4.69) is 0 Å². The van der Waals surface area contributed by atoms with Gasteiger partial charge in [0.1, 0.15) is 5.75 Å². The number of hydrogen-bond acceptors (Lipinski definition) is 2. The zero-order valence-electron chi connectivity index (χ0n) is 7.08. The summed E-state index contributed by atoms with van der Waals surface area (Å²) in [5.41, 5.74) is 2.48. The highest BCUT2D eigenvalue weighted by atomic mass is 16.5. The topological polar surface area (TPSA) is 29.5 Å². The Labute approximate surface area is 71.8 Å². The summed E-state index contributed by atoms with van der Waals surface area (Å²) in [4.78, 5) is 0. The molecule has 0 amide bonds. The maximum Gasteiger partial charge on any atom is 0.119 e. The van der Waals surface area contributed by atoms with Gasteiger partial charge < -0.3 is 9.84 Å². The van der Waals surface area contributed by atoms with Crippen LogP contribution < -0.4 is 4.74 Å². The van der Waals surface area contributed by atoms with Gasteiger partial charge in [-0.15, -0.1) is 0 Å². The second-order valence-electron chi connectivity index (χ2n) is 3.20. The minimum absolute atomic E-state index is 0.188. The minimum atomic E-state index is -0.188. The second-order valence-corrected chi connectivity index (χ2v) is 3.20. The van der Waals surface area contributed by atoms with E-state index in [1.54, 1.807) is 7.11 Å². The molecule has 2 rings (SSSR count). The van der Waals surface area contributed by atoms with Crippen LogP contribution in [0.5, 0.6) is 5.75 Å². The van der Waals surface area contributed by atoms with Gasteiger partial charge in [0.05, 0.1) is 13.2 Å². The van der Waals surface area contributed by atoms with Crippen LogP contribution >= 0.6 is 0 Å². The molecule has 1 aliphatic carbocycles. The number of hydrogen-bond donors (Lipinski definition) is 1. The smallest absolute Gasteiger partial charge is 0.119 e. The van der Waals surface area contributed by atoms with Gasteiger partial charge in [0.15, 0.2) is 0 Å². The third-order valence-corrected chi connectivity index (χ3v) is 2.32. The first kappa shape index (κ1) is 7.62. The third-order valence-electron chi connectivity index (χ3n) is 2.32. The molecule has 1 N–H and O–H groups in total. The molecule has 0 saturated heterocycles. The summed E-state index contributed by atoms with van der Waals surface area (Å²) in [7, 11) is 1.66. The van der Waals surface area contributed by atoms with E-state index in [9.17, 15) is 5.11 Å². The predicted octanol–water partition coefficient (Wildman–Crippen LogP) is 1.15. The first-order valence-electron chi connectivity index (χ1n) is 4.13. The lowest BCUT2D eigenvalue weighted by molar-refractivity contribution is 0.187. The number of benzene rings is 1. The Morgan fingerprint density at radius 3 is 2.83 bits per heavy atom. The van der Waals surface area contributed by atoms with Gasteiger partial charge in [-0.1, -0.05) is 6.07 Å². The summed E-state index contributed by atoms with van der Waals surface area (Å²) in [5, 5.41) is 9.37. The van der Waals surface area contributed by atoms with Crippen LogP contribution in [-0.4, -0.2) is 18.3 Å². The van der Waals surface area contributed by atoms with Gasteiger partial charge in [0.2, 0.25) is 0 Å². The zero-order chi connectivity index (χ0) is 8.55. The lowest BCUT2D eigenvalue weighted by Gasteiger charge is -2.01. The monoisotopic (exact) mass is 164 g/mol. The van der Waals surface area contributed by atoms with Crippen LogP contribution in [0.4, 0.5) is 0 Å². The Kier molecular flexibility index (Phi) is 1.77. The number of methoxy groups -OCH3 is 1. The predicted molar refractivity (Wildman–Crippen MR) is 46.4 cm³/mol. The van der Waals surface area contributed by atoms with Crippen LogP contribution in [0.3, 0.4) is 0 Å². The van der Waals surface area contributed by atoms with E-state index in [1.165, 1.54) is 11.1 Å². The van der Waals surface area contributed by atoms with E-state index >= 15 is 0 Å². The van der Waals surface area contributed by atoms with Crippen LogP contribution in [-0.2, 0) is 12.8 Å². The molecule has 1 aromatic carbocycles. The highest BCUT2D eigenvalue weighted by Crippen LogP contribution is 2.25. The van der Waals surface area contributed by atoms with Crippen molar-refractivity contribution in [2.45, 2.75) is 18.9 Å². The fourth-order valence-electron chi connectivity index (χ4n) is 1.70. The minimum Gasteiger partial charge on any atom is -0.497 e. The Hall–Kier alpha value is -1.02. The SMILES string of the molecule is COc1ccc2c(c1)C[C@H](O)C2. The van der Waals surface area contributed by atoms with Crippen LogP contribution in [0.1, 0.15) is 11.1 Å². The maximum atomic E-state index is 9.37. The average molecular weight is 164 g/mol. The highest BCUT2D eigenvalue weighted by Gasteiger charge is 2.18. The standard InChI is InChI=1S/C10H12O2/c1-12-10-3-2-7-4-9(11)5-8(7)6-10/h2-3,6,9,11H,4-5H2,1H3/t9-/m1/s1.